The highest BCUT2D eigenvalue weighted by molar-refractivity contribution is 9.10. The topological polar surface area (TPSA) is 198 Å². The molecular weight excluding hydrogens is 923 g/mol. The zero-order valence-corrected chi connectivity index (χ0v) is 40.6. The number of pyridine rings is 1. The maximum absolute atomic E-state index is 13.7. The van der Waals surface area contributed by atoms with Crippen LogP contribution < -0.4 is 47.3 Å². The standard InChI is InChI=1S/C48H58BrN10O6P/c1-6-30-26-37(55-47-52-28-34(49)45(57-47)54-36-13-12-35-33(44(36)66(4,5)63)11-10-31(7-2)53-35)41(64-8-3)27-40(30)58-23-18-32(19-24-58)51-22-21-50-20-17-29-9-14-38-42(25-29)65-48(62)59(38)39-15-16-43(60)56-46(39)61/h9-14,25-28,32,39,50-51H,6-8,15-24H2,1-5H3,(H,56,60,61)(H2,52,54,55,57). The Morgan fingerprint density at radius 1 is 0.909 bits per heavy atom. The van der Waals surface area contributed by atoms with Gasteiger partial charge in [-0.1, -0.05) is 26.0 Å². The molecule has 2 aliphatic rings. The molecule has 5 heterocycles. The number of anilines is 5. The number of piperidine rings is 2. The Hall–Kier alpha value is -5.61. The molecule has 348 valence electrons. The van der Waals surface area contributed by atoms with Crippen molar-refractivity contribution in [1.82, 2.24) is 35.5 Å². The number of nitrogens with zero attached hydrogens (tertiary/aromatic N) is 5. The summed E-state index contributed by atoms with van der Waals surface area (Å²) in [5, 5.41) is 18.0. The number of aromatic nitrogens is 4. The van der Waals surface area contributed by atoms with Gasteiger partial charge in [0.25, 0.3) is 0 Å². The number of hydrogen-bond acceptors (Lipinski definition) is 14. The molecule has 0 bridgehead atoms. The molecule has 16 nitrogen and oxygen atoms in total. The van der Waals surface area contributed by atoms with E-state index in [0.29, 0.717) is 45.7 Å². The number of carbonyl (C=O) groups excluding carboxylic acids is 2. The summed E-state index contributed by atoms with van der Waals surface area (Å²) in [6, 6.07) is 17.4. The number of fused-ring (bicyclic) bond motifs is 2. The molecule has 8 rings (SSSR count). The highest BCUT2D eigenvalue weighted by Crippen LogP contribution is 2.42. The third-order valence-corrected chi connectivity index (χ3v) is 14.4. The second kappa shape index (κ2) is 20.5. The first-order valence-electron chi connectivity index (χ1n) is 22.8. The number of aryl methyl sites for hydroxylation is 2. The van der Waals surface area contributed by atoms with Gasteiger partial charge in [-0.3, -0.25) is 24.5 Å². The predicted octanol–water partition coefficient (Wildman–Crippen LogP) is 7.32. The van der Waals surface area contributed by atoms with E-state index in [1.807, 2.05) is 49.4 Å². The third-order valence-electron chi connectivity index (χ3n) is 12.3. The Morgan fingerprint density at radius 3 is 2.47 bits per heavy atom. The molecule has 5 N–H and O–H groups in total. The molecule has 0 radical (unpaired) electrons. The van der Waals surface area contributed by atoms with Crippen molar-refractivity contribution in [3.63, 3.8) is 0 Å². The van der Waals surface area contributed by atoms with E-state index in [4.69, 9.17) is 19.1 Å². The minimum absolute atomic E-state index is 0.183. The number of amides is 2. The van der Waals surface area contributed by atoms with Crippen LogP contribution in [0.4, 0.5) is 28.8 Å². The van der Waals surface area contributed by atoms with E-state index >= 15 is 0 Å². The number of carbonyl (C=O) groups is 2. The smallest absolute Gasteiger partial charge is 0.420 e. The lowest BCUT2D eigenvalue weighted by molar-refractivity contribution is -0.135. The van der Waals surface area contributed by atoms with E-state index in [0.717, 1.165) is 104 Å². The van der Waals surface area contributed by atoms with Crippen LogP contribution in [0.25, 0.3) is 22.0 Å². The summed E-state index contributed by atoms with van der Waals surface area (Å²) in [6.07, 6.45) is 6.58. The van der Waals surface area contributed by atoms with Crippen molar-refractivity contribution >= 4 is 91.0 Å². The normalized spacial score (nSPS) is 16.0. The Morgan fingerprint density at radius 2 is 1.73 bits per heavy atom. The Kier molecular flexibility index (Phi) is 14.6. The highest BCUT2D eigenvalue weighted by Gasteiger charge is 2.31. The number of benzene rings is 3. The average Bonchev–Trinajstić information content (AvgIpc) is 3.62. The number of oxazole rings is 1. The van der Waals surface area contributed by atoms with Gasteiger partial charge < -0.3 is 39.9 Å². The lowest BCUT2D eigenvalue weighted by Gasteiger charge is -2.35. The predicted molar refractivity (Wildman–Crippen MR) is 265 cm³/mol. The molecule has 1 atom stereocenters. The van der Waals surface area contributed by atoms with Crippen LogP contribution in [-0.2, 0) is 33.4 Å². The molecule has 0 spiro atoms. The van der Waals surface area contributed by atoms with Gasteiger partial charge in [0.05, 0.1) is 33.5 Å². The van der Waals surface area contributed by atoms with Crippen LogP contribution in [0.1, 0.15) is 69.3 Å². The number of imide groups is 1. The van der Waals surface area contributed by atoms with Gasteiger partial charge in [0.15, 0.2) is 5.58 Å². The molecule has 3 aromatic heterocycles. The third kappa shape index (κ3) is 10.5. The van der Waals surface area contributed by atoms with Crippen molar-refractivity contribution in [2.24, 2.45) is 0 Å². The van der Waals surface area contributed by atoms with Gasteiger partial charge in [-0.2, -0.15) is 4.98 Å². The quantitative estimate of drug-likeness (QED) is 0.0326. The van der Waals surface area contributed by atoms with Gasteiger partial charge in [-0.15, -0.1) is 0 Å². The zero-order valence-electron chi connectivity index (χ0n) is 38.1. The van der Waals surface area contributed by atoms with Crippen molar-refractivity contribution < 1.29 is 23.3 Å². The first kappa shape index (κ1) is 46.9. The maximum Gasteiger partial charge on any atom is 0.420 e. The van der Waals surface area contributed by atoms with E-state index in [9.17, 15) is 18.9 Å². The molecular formula is C48H58BrN10O6P. The van der Waals surface area contributed by atoms with Gasteiger partial charge in [0.2, 0.25) is 17.8 Å². The second-order valence-corrected chi connectivity index (χ2v) is 21.2. The van der Waals surface area contributed by atoms with Crippen molar-refractivity contribution in [3.05, 3.63) is 92.6 Å². The molecule has 18 heteroatoms. The van der Waals surface area contributed by atoms with Crippen molar-refractivity contribution in [2.75, 3.05) is 68.2 Å². The van der Waals surface area contributed by atoms with E-state index in [-0.39, 0.29) is 18.7 Å². The van der Waals surface area contributed by atoms with Crippen LogP contribution in [0.3, 0.4) is 0 Å². The molecule has 66 heavy (non-hydrogen) atoms. The molecule has 0 aliphatic carbocycles. The first-order valence-corrected chi connectivity index (χ1v) is 26.2. The van der Waals surface area contributed by atoms with Gasteiger partial charge in [-0.05, 0) is 129 Å². The summed E-state index contributed by atoms with van der Waals surface area (Å²) >= 11 is 3.63. The summed E-state index contributed by atoms with van der Waals surface area (Å²) in [5.41, 5.74) is 7.66. The van der Waals surface area contributed by atoms with Crippen molar-refractivity contribution in [2.45, 2.75) is 77.8 Å². The van der Waals surface area contributed by atoms with Crippen molar-refractivity contribution in [3.8, 4) is 5.75 Å². The Bertz CT molecular complexity index is 2870. The molecule has 3 aromatic carbocycles. The van der Waals surface area contributed by atoms with E-state index < -0.39 is 24.8 Å². The number of hydrogen-bond donors (Lipinski definition) is 5. The monoisotopic (exact) mass is 980 g/mol. The number of ether oxygens (including phenoxy) is 1. The minimum atomic E-state index is -2.74. The van der Waals surface area contributed by atoms with Gasteiger partial charge in [0.1, 0.15) is 24.8 Å². The van der Waals surface area contributed by atoms with Crippen LogP contribution in [-0.4, -0.2) is 90.0 Å². The summed E-state index contributed by atoms with van der Waals surface area (Å²) in [5.74, 6) is 0.241. The molecule has 2 fully saturated rings. The van der Waals surface area contributed by atoms with Crippen LogP contribution in [0.15, 0.2) is 74.5 Å². The SMILES string of the molecule is CCOc1cc(N2CCC(NCCNCCc3ccc4c(c3)oc(=O)n4C3CCC(=O)NC3=O)CC2)c(CC)cc1Nc1ncc(Br)c(Nc2ccc3nc(CC)ccc3c2P(C)(C)=O)n1. The molecule has 6 aromatic rings. The van der Waals surface area contributed by atoms with E-state index in [1.165, 1.54) is 15.8 Å². The summed E-state index contributed by atoms with van der Waals surface area (Å²) < 4.78 is 27.5. The van der Waals surface area contributed by atoms with Gasteiger partial charge >= 0.3 is 5.76 Å². The fourth-order valence-electron chi connectivity index (χ4n) is 8.94. The van der Waals surface area contributed by atoms with Gasteiger partial charge in [0, 0.05) is 73.0 Å². The van der Waals surface area contributed by atoms with Crippen LogP contribution in [0.5, 0.6) is 5.75 Å². The second-order valence-electron chi connectivity index (χ2n) is 17.2. The Labute approximate surface area is 392 Å². The van der Waals surface area contributed by atoms with Crippen LogP contribution >= 0.6 is 23.1 Å². The zero-order chi connectivity index (χ0) is 46.5. The summed E-state index contributed by atoms with van der Waals surface area (Å²) in [4.78, 5) is 53.4. The van der Waals surface area contributed by atoms with Gasteiger partial charge in [-0.25, -0.2) is 9.78 Å². The lowest BCUT2D eigenvalue weighted by atomic mass is 10.0. The fraction of sp³-hybridized carbons (Fsp3) is 0.417. The molecule has 2 aliphatic heterocycles. The average molecular weight is 982 g/mol. The number of rotatable bonds is 18. The molecule has 0 saturated carbocycles. The first-order chi connectivity index (χ1) is 31.8. The fourth-order valence-corrected chi connectivity index (χ4v) is 10.7. The maximum atomic E-state index is 13.7. The minimum Gasteiger partial charge on any atom is -0.492 e. The number of halogens is 1. The molecule has 2 saturated heterocycles. The van der Waals surface area contributed by atoms with E-state index in [1.54, 1.807) is 19.5 Å². The van der Waals surface area contributed by atoms with E-state index in [2.05, 4.69) is 78.4 Å². The highest BCUT2D eigenvalue weighted by atomic mass is 79.9. The lowest BCUT2D eigenvalue weighted by Crippen LogP contribution is -2.44. The largest absolute Gasteiger partial charge is 0.492 e. The summed E-state index contributed by atoms with van der Waals surface area (Å²) in [7, 11) is -2.74. The summed E-state index contributed by atoms with van der Waals surface area (Å²) in [6.45, 7) is 14.5. The van der Waals surface area contributed by atoms with Crippen molar-refractivity contribution in [1.29, 1.82) is 0 Å². The number of nitrogens with one attached hydrogen (secondary N) is 5. The molecule has 2 amide bonds. The Balaban J connectivity index is 0.852. The van der Waals surface area contributed by atoms with Crippen LogP contribution in [0, 0.1) is 0 Å². The van der Waals surface area contributed by atoms with Crippen LogP contribution in [0.2, 0.25) is 0 Å². The molecule has 1 unspecified atom stereocenters.